The Labute approximate surface area is 176 Å². The molecular formula is C23H28N6O. The Kier molecular flexibility index (Phi) is 4.90. The second-order valence-electron chi connectivity index (χ2n) is 8.35. The van der Waals surface area contributed by atoms with Gasteiger partial charge in [0.25, 0.3) is 0 Å². The van der Waals surface area contributed by atoms with E-state index in [1.807, 2.05) is 40.7 Å². The van der Waals surface area contributed by atoms with Gasteiger partial charge in [0.1, 0.15) is 5.82 Å². The number of anilines is 1. The lowest BCUT2D eigenvalue weighted by molar-refractivity contribution is -0.137. The first kappa shape index (κ1) is 19.1. The Bertz CT molecular complexity index is 1060. The molecule has 156 valence electrons. The van der Waals surface area contributed by atoms with E-state index < -0.39 is 0 Å². The van der Waals surface area contributed by atoms with E-state index in [1.54, 1.807) is 6.20 Å². The summed E-state index contributed by atoms with van der Waals surface area (Å²) < 4.78 is 1.95. The summed E-state index contributed by atoms with van der Waals surface area (Å²) in [4.78, 5) is 22.2. The van der Waals surface area contributed by atoms with Crippen LogP contribution in [0.2, 0.25) is 0 Å². The Hall–Kier alpha value is -2.93. The highest BCUT2D eigenvalue weighted by atomic mass is 16.2. The molecule has 7 heteroatoms. The molecule has 30 heavy (non-hydrogen) atoms. The largest absolute Gasteiger partial charge is 0.354 e. The van der Waals surface area contributed by atoms with Crippen LogP contribution in [0.4, 0.5) is 5.82 Å². The molecule has 0 radical (unpaired) electrons. The van der Waals surface area contributed by atoms with Gasteiger partial charge >= 0.3 is 0 Å². The van der Waals surface area contributed by atoms with Crippen molar-refractivity contribution in [2.24, 2.45) is 5.92 Å². The smallest absolute Gasteiger partial charge is 0.229 e. The molecule has 0 aliphatic carbocycles. The molecule has 1 unspecified atom stereocenters. The number of hydrogen-bond donors (Lipinski definition) is 1. The van der Waals surface area contributed by atoms with Crippen LogP contribution in [0, 0.1) is 5.92 Å². The highest BCUT2D eigenvalue weighted by Crippen LogP contribution is 2.33. The zero-order chi connectivity index (χ0) is 20.7. The minimum Gasteiger partial charge on any atom is -0.354 e. The van der Waals surface area contributed by atoms with E-state index in [-0.39, 0.29) is 17.9 Å². The topological polar surface area (TPSA) is 65.8 Å². The van der Waals surface area contributed by atoms with Gasteiger partial charge in [0, 0.05) is 44.7 Å². The third-order valence-corrected chi connectivity index (χ3v) is 6.52. The predicted molar refractivity (Wildman–Crippen MR) is 117 cm³/mol. The summed E-state index contributed by atoms with van der Waals surface area (Å²) in [6.45, 7) is 5.44. The van der Waals surface area contributed by atoms with Crippen molar-refractivity contribution in [2.75, 3.05) is 38.1 Å². The highest BCUT2D eigenvalue weighted by molar-refractivity contribution is 5.82. The molecule has 0 bridgehead atoms. The van der Waals surface area contributed by atoms with Crippen LogP contribution >= 0.6 is 0 Å². The van der Waals surface area contributed by atoms with Gasteiger partial charge in [-0.15, -0.1) is 0 Å². The summed E-state index contributed by atoms with van der Waals surface area (Å²) in [6, 6.07) is 12.2. The van der Waals surface area contributed by atoms with Gasteiger partial charge < -0.3 is 15.1 Å². The number of carbonyl (C=O) groups excluding carboxylic acids is 1. The number of benzene rings is 1. The minimum absolute atomic E-state index is 0.0134. The van der Waals surface area contributed by atoms with Crippen LogP contribution in [0.15, 0.2) is 42.6 Å². The van der Waals surface area contributed by atoms with Crippen molar-refractivity contribution < 1.29 is 4.79 Å². The average Bonchev–Trinajstić information content (AvgIpc) is 3.08. The van der Waals surface area contributed by atoms with Gasteiger partial charge in [0.2, 0.25) is 5.91 Å². The van der Waals surface area contributed by atoms with E-state index in [4.69, 9.17) is 4.98 Å². The molecule has 0 spiro atoms. The maximum atomic E-state index is 13.1. The van der Waals surface area contributed by atoms with Gasteiger partial charge in [-0.2, -0.15) is 9.61 Å². The van der Waals surface area contributed by atoms with E-state index in [0.717, 1.165) is 61.7 Å². The average molecular weight is 405 g/mol. The monoisotopic (exact) mass is 404 g/mol. The first-order valence-electron chi connectivity index (χ1n) is 10.8. The lowest BCUT2D eigenvalue weighted by Gasteiger charge is -2.43. The molecule has 0 saturated carbocycles. The van der Waals surface area contributed by atoms with Crippen LogP contribution in [0.3, 0.4) is 0 Å². The molecule has 7 nitrogen and oxygen atoms in total. The highest BCUT2D eigenvalue weighted by Gasteiger charge is 2.38. The van der Waals surface area contributed by atoms with Crippen LogP contribution in [-0.4, -0.2) is 58.6 Å². The SMILES string of the molecule is CC(c1ccccc1)N(C)C(=O)C1CN(c2c3c(nc4ccnn24)CCNCC3)C1. The van der Waals surface area contributed by atoms with Gasteiger partial charge in [-0.1, -0.05) is 30.3 Å². The van der Waals surface area contributed by atoms with E-state index in [1.165, 1.54) is 5.56 Å². The van der Waals surface area contributed by atoms with Crippen LogP contribution in [0.25, 0.3) is 5.65 Å². The lowest BCUT2D eigenvalue weighted by Crippen LogP contribution is -2.55. The van der Waals surface area contributed by atoms with E-state index in [0.29, 0.717) is 0 Å². The second-order valence-corrected chi connectivity index (χ2v) is 8.35. The number of nitrogens with zero attached hydrogens (tertiary/aromatic N) is 5. The van der Waals surface area contributed by atoms with Crippen LogP contribution in [-0.2, 0) is 17.6 Å². The molecule has 2 aliphatic heterocycles. The molecule has 2 aromatic heterocycles. The quantitative estimate of drug-likeness (QED) is 0.721. The van der Waals surface area contributed by atoms with Crippen molar-refractivity contribution in [1.82, 2.24) is 24.8 Å². The molecule has 1 atom stereocenters. The van der Waals surface area contributed by atoms with Crippen molar-refractivity contribution in [3.63, 3.8) is 0 Å². The molecule has 1 aromatic carbocycles. The summed E-state index contributed by atoms with van der Waals surface area (Å²) in [6.07, 6.45) is 3.67. The maximum Gasteiger partial charge on any atom is 0.229 e. The predicted octanol–water partition coefficient (Wildman–Crippen LogP) is 2.07. The molecule has 3 aromatic rings. The van der Waals surface area contributed by atoms with Gasteiger partial charge in [-0.05, 0) is 25.5 Å². The fraction of sp³-hybridized carbons (Fsp3) is 0.435. The van der Waals surface area contributed by atoms with Gasteiger partial charge in [0.15, 0.2) is 5.65 Å². The second kappa shape index (κ2) is 7.72. The van der Waals surface area contributed by atoms with E-state index in [2.05, 4.69) is 34.4 Å². The minimum atomic E-state index is 0.0134. The molecule has 1 N–H and O–H groups in total. The van der Waals surface area contributed by atoms with Crippen molar-refractivity contribution in [2.45, 2.75) is 25.8 Å². The number of rotatable bonds is 4. The normalized spacial score (nSPS) is 17.9. The molecule has 1 saturated heterocycles. The van der Waals surface area contributed by atoms with Crippen LogP contribution in [0.5, 0.6) is 0 Å². The molecule has 2 aliphatic rings. The molecule has 4 heterocycles. The van der Waals surface area contributed by atoms with Crippen LogP contribution in [0.1, 0.15) is 29.8 Å². The fourth-order valence-corrected chi connectivity index (χ4v) is 4.58. The van der Waals surface area contributed by atoms with Crippen molar-refractivity contribution in [1.29, 1.82) is 0 Å². The number of amides is 1. The number of aromatic nitrogens is 3. The van der Waals surface area contributed by atoms with Gasteiger partial charge in [0.05, 0.1) is 23.9 Å². The Morgan fingerprint density at radius 3 is 2.73 bits per heavy atom. The zero-order valence-electron chi connectivity index (χ0n) is 17.6. The molecular weight excluding hydrogens is 376 g/mol. The Morgan fingerprint density at radius 1 is 1.17 bits per heavy atom. The van der Waals surface area contributed by atoms with Crippen molar-refractivity contribution in [3.05, 3.63) is 59.4 Å². The standard InChI is InChI=1S/C23H28N6O/c1-16(17-6-4-3-5-7-17)27(2)23(30)18-14-28(15-18)22-19-8-11-24-12-9-20(19)26-21-10-13-25-29(21)22/h3-7,10,13,16,18,24H,8-9,11-12,14-15H2,1-2H3. The summed E-state index contributed by atoms with van der Waals surface area (Å²) in [5.74, 6) is 1.34. The number of hydrogen-bond acceptors (Lipinski definition) is 5. The molecule has 5 rings (SSSR count). The summed E-state index contributed by atoms with van der Waals surface area (Å²) >= 11 is 0. The fourth-order valence-electron chi connectivity index (χ4n) is 4.58. The Balaban J connectivity index is 1.36. The van der Waals surface area contributed by atoms with Gasteiger partial charge in [-0.25, -0.2) is 4.98 Å². The third-order valence-electron chi connectivity index (χ3n) is 6.52. The molecule has 1 amide bonds. The summed E-state index contributed by atoms with van der Waals surface area (Å²) in [5.41, 5.74) is 4.48. The summed E-state index contributed by atoms with van der Waals surface area (Å²) in [5, 5.41) is 7.99. The first-order chi connectivity index (χ1) is 14.6. The number of fused-ring (bicyclic) bond motifs is 2. The third kappa shape index (κ3) is 3.23. The van der Waals surface area contributed by atoms with Crippen molar-refractivity contribution in [3.8, 4) is 0 Å². The summed E-state index contributed by atoms with van der Waals surface area (Å²) in [7, 11) is 1.92. The number of carbonyl (C=O) groups is 1. The Morgan fingerprint density at radius 2 is 1.93 bits per heavy atom. The van der Waals surface area contributed by atoms with Gasteiger partial charge in [-0.3, -0.25) is 4.79 Å². The van der Waals surface area contributed by atoms with E-state index >= 15 is 0 Å². The zero-order valence-corrected chi connectivity index (χ0v) is 17.6. The lowest BCUT2D eigenvalue weighted by atomic mass is 9.95. The molecule has 1 fully saturated rings. The van der Waals surface area contributed by atoms with Crippen molar-refractivity contribution >= 4 is 17.4 Å². The number of nitrogens with one attached hydrogen (secondary N) is 1. The maximum absolute atomic E-state index is 13.1. The van der Waals surface area contributed by atoms with Crippen LogP contribution < -0.4 is 10.2 Å². The first-order valence-corrected chi connectivity index (χ1v) is 10.8. The van der Waals surface area contributed by atoms with E-state index in [9.17, 15) is 4.79 Å².